The van der Waals surface area contributed by atoms with Gasteiger partial charge >= 0.3 is 6.18 Å². The van der Waals surface area contributed by atoms with Gasteiger partial charge in [0.05, 0.1) is 11.3 Å². The summed E-state index contributed by atoms with van der Waals surface area (Å²) in [7, 11) is 0. The molecule has 0 fully saturated rings. The fourth-order valence-electron chi connectivity index (χ4n) is 2.25. The first-order valence-corrected chi connectivity index (χ1v) is 6.21. The Balaban J connectivity index is 2.51. The van der Waals surface area contributed by atoms with Gasteiger partial charge in [-0.3, -0.25) is 9.48 Å². The Kier molecular flexibility index (Phi) is 3.64. The minimum atomic E-state index is -4.73. The van der Waals surface area contributed by atoms with Crippen LogP contribution in [0.25, 0.3) is 0 Å². The van der Waals surface area contributed by atoms with Crippen molar-refractivity contribution in [3.05, 3.63) is 17.0 Å². The van der Waals surface area contributed by atoms with Crippen LogP contribution in [0.1, 0.15) is 47.9 Å². The van der Waals surface area contributed by atoms with Gasteiger partial charge < -0.3 is 0 Å². The van der Waals surface area contributed by atoms with Crippen LogP contribution in [0, 0.1) is 0 Å². The number of hydrogen-bond donors (Lipinski definition) is 0. The van der Waals surface area contributed by atoms with E-state index in [4.69, 9.17) is 0 Å². The highest BCUT2D eigenvalue weighted by Gasteiger charge is 2.44. The van der Waals surface area contributed by atoms with Gasteiger partial charge in [0.15, 0.2) is 11.9 Å². The van der Waals surface area contributed by atoms with Crippen molar-refractivity contribution in [1.29, 1.82) is 0 Å². The van der Waals surface area contributed by atoms with Gasteiger partial charge in [-0.05, 0) is 19.3 Å². The number of carbonyl (C=O) groups is 1. The molecule has 0 spiro atoms. The molecule has 0 amide bonds. The molecule has 0 saturated heterocycles. The highest BCUT2D eigenvalue weighted by atomic mass is 19.4. The van der Waals surface area contributed by atoms with Crippen molar-refractivity contribution in [3.63, 3.8) is 0 Å². The molecular formula is C12H14F4N2O. The van der Waals surface area contributed by atoms with E-state index in [0.717, 1.165) is 6.42 Å². The number of fused-ring (bicyclic) bond motifs is 1. The van der Waals surface area contributed by atoms with E-state index in [1.807, 2.05) is 6.92 Å². The quantitative estimate of drug-likeness (QED) is 0.796. The maximum atomic E-state index is 13.3. The van der Waals surface area contributed by atoms with Crippen molar-refractivity contribution in [2.24, 2.45) is 0 Å². The summed E-state index contributed by atoms with van der Waals surface area (Å²) in [5.74, 6) is -1.09. The molecule has 7 heteroatoms. The summed E-state index contributed by atoms with van der Waals surface area (Å²) in [5, 5.41) is 3.49. The summed E-state index contributed by atoms with van der Waals surface area (Å²) in [4.78, 5) is 11.6. The van der Waals surface area contributed by atoms with E-state index < -0.39 is 29.4 Å². The topological polar surface area (TPSA) is 34.9 Å². The van der Waals surface area contributed by atoms with Crippen LogP contribution in [-0.2, 0) is 19.1 Å². The molecule has 0 radical (unpaired) electrons. The summed E-state index contributed by atoms with van der Waals surface area (Å²) >= 11 is 0. The molecule has 3 nitrogen and oxygen atoms in total. The molecule has 1 aromatic rings. The summed E-state index contributed by atoms with van der Waals surface area (Å²) in [6, 6.07) is 0. The Labute approximate surface area is 107 Å². The third-order valence-corrected chi connectivity index (χ3v) is 3.22. The summed E-state index contributed by atoms with van der Waals surface area (Å²) in [6.45, 7) is 2.22. The predicted octanol–water partition coefficient (Wildman–Crippen LogP) is 3.17. The maximum Gasteiger partial charge on any atom is 0.435 e. The van der Waals surface area contributed by atoms with Gasteiger partial charge in [0.25, 0.3) is 0 Å². The lowest BCUT2D eigenvalue weighted by molar-refractivity contribution is -0.141. The van der Waals surface area contributed by atoms with Crippen LogP contribution in [0.4, 0.5) is 17.6 Å². The van der Waals surface area contributed by atoms with E-state index in [1.54, 1.807) is 0 Å². The Morgan fingerprint density at radius 2 is 2.11 bits per heavy atom. The Morgan fingerprint density at radius 3 is 2.68 bits per heavy atom. The van der Waals surface area contributed by atoms with Gasteiger partial charge in [0.1, 0.15) is 0 Å². The summed E-state index contributed by atoms with van der Waals surface area (Å²) in [5.41, 5.74) is -1.59. The molecule has 19 heavy (non-hydrogen) atoms. The SMILES string of the molecule is CCCCn1nc(C(F)(F)F)c2c1CCC(F)C2=O. The van der Waals surface area contributed by atoms with Crippen LogP contribution in [0.15, 0.2) is 0 Å². The molecule has 1 atom stereocenters. The number of nitrogens with zero attached hydrogens (tertiary/aromatic N) is 2. The van der Waals surface area contributed by atoms with Crippen LogP contribution < -0.4 is 0 Å². The molecule has 1 aliphatic rings. The van der Waals surface area contributed by atoms with Gasteiger partial charge in [0.2, 0.25) is 5.78 Å². The number of Topliss-reactive ketones (excluding diaryl/α,β-unsaturated/α-hetero) is 1. The first-order chi connectivity index (χ1) is 8.86. The second-order valence-electron chi connectivity index (χ2n) is 4.62. The van der Waals surface area contributed by atoms with Gasteiger partial charge in [-0.15, -0.1) is 0 Å². The molecule has 1 heterocycles. The van der Waals surface area contributed by atoms with Crippen molar-refractivity contribution in [3.8, 4) is 0 Å². The number of rotatable bonds is 3. The second-order valence-corrected chi connectivity index (χ2v) is 4.62. The smallest absolute Gasteiger partial charge is 0.291 e. The number of alkyl halides is 4. The van der Waals surface area contributed by atoms with E-state index >= 15 is 0 Å². The zero-order valence-electron chi connectivity index (χ0n) is 10.4. The normalized spacial score (nSPS) is 19.6. The average Bonchev–Trinajstić information content (AvgIpc) is 2.70. The number of aromatic nitrogens is 2. The Bertz CT molecular complexity index is 493. The van der Waals surface area contributed by atoms with Gasteiger partial charge in [0, 0.05) is 6.54 Å². The van der Waals surface area contributed by atoms with Crippen molar-refractivity contribution < 1.29 is 22.4 Å². The molecule has 0 N–H and O–H groups in total. The third-order valence-electron chi connectivity index (χ3n) is 3.22. The molecule has 0 saturated carbocycles. The van der Waals surface area contributed by atoms with Gasteiger partial charge in [-0.25, -0.2) is 4.39 Å². The zero-order chi connectivity index (χ0) is 14.2. The van der Waals surface area contributed by atoms with Crippen molar-refractivity contribution in [2.75, 3.05) is 0 Å². The summed E-state index contributed by atoms with van der Waals surface area (Å²) in [6.07, 6.45) is -5.06. The van der Waals surface area contributed by atoms with Crippen LogP contribution in [0.2, 0.25) is 0 Å². The minimum Gasteiger partial charge on any atom is -0.291 e. The lowest BCUT2D eigenvalue weighted by Gasteiger charge is -2.16. The van der Waals surface area contributed by atoms with E-state index in [0.29, 0.717) is 13.0 Å². The molecule has 1 aliphatic carbocycles. The second kappa shape index (κ2) is 4.94. The van der Waals surface area contributed by atoms with Crippen LogP contribution in [0.3, 0.4) is 0 Å². The Hall–Kier alpha value is -1.40. The fraction of sp³-hybridized carbons (Fsp3) is 0.667. The predicted molar refractivity (Wildman–Crippen MR) is 59.7 cm³/mol. The van der Waals surface area contributed by atoms with Crippen molar-refractivity contribution in [1.82, 2.24) is 9.78 Å². The first-order valence-electron chi connectivity index (χ1n) is 6.21. The Morgan fingerprint density at radius 1 is 1.42 bits per heavy atom. The number of halogens is 4. The standard InChI is InChI=1S/C12H14F4N2O/c1-2-3-6-18-8-5-4-7(13)10(19)9(8)11(17-18)12(14,15)16/h7H,2-6H2,1H3. The monoisotopic (exact) mass is 278 g/mol. The van der Waals surface area contributed by atoms with Crippen LogP contribution in [0.5, 0.6) is 0 Å². The van der Waals surface area contributed by atoms with Crippen LogP contribution in [-0.4, -0.2) is 21.7 Å². The number of unbranched alkanes of at least 4 members (excludes halogenated alkanes) is 1. The van der Waals surface area contributed by atoms with E-state index in [9.17, 15) is 22.4 Å². The lowest BCUT2D eigenvalue weighted by Crippen LogP contribution is -2.26. The van der Waals surface area contributed by atoms with E-state index in [-0.39, 0.29) is 18.5 Å². The molecule has 106 valence electrons. The third kappa shape index (κ3) is 2.50. The van der Waals surface area contributed by atoms with E-state index in [2.05, 4.69) is 5.10 Å². The van der Waals surface area contributed by atoms with Gasteiger partial charge in [-0.1, -0.05) is 13.3 Å². The maximum absolute atomic E-state index is 13.3. The molecule has 0 aromatic carbocycles. The fourth-order valence-corrected chi connectivity index (χ4v) is 2.25. The first kappa shape index (κ1) is 14.0. The largest absolute Gasteiger partial charge is 0.435 e. The molecule has 1 aromatic heterocycles. The highest BCUT2D eigenvalue weighted by molar-refractivity contribution is 6.02. The van der Waals surface area contributed by atoms with Crippen LogP contribution >= 0.6 is 0 Å². The number of ketones is 1. The highest BCUT2D eigenvalue weighted by Crippen LogP contribution is 2.36. The zero-order valence-corrected chi connectivity index (χ0v) is 10.4. The van der Waals surface area contributed by atoms with Gasteiger partial charge in [-0.2, -0.15) is 18.3 Å². The number of aryl methyl sites for hydroxylation is 1. The average molecular weight is 278 g/mol. The molecule has 0 bridgehead atoms. The summed E-state index contributed by atoms with van der Waals surface area (Å²) < 4.78 is 53.1. The number of hydrogen-bond acceptors (Lipinski definition) is 2. The lowest BCUT2D eigenvalue weighted by atomic mass is 9.92. The van der Waals surface area contributed by atoms with Crippen molar-refractivity contribution >= 4 is 5.78 Å². The van der Waals surface area contributed by atoms with E-state index in [1.165, 1.54) is 4.68 Å². The minimum absolute atomic E-state index is 0.0685. The molecule has 2 rings (SSSR count). The van der Waals surface area contributed by atoms with Crippen molar-refractivity contribution in [2.45, 2.75) is 51.5 Å². The molecule has 0 aliphatic heterocycles. The number of carbonyl (C=O) groups excluding carboxylic acids is 1. The molecular weight excluding hydrogens is 264 g/mol. The molecule has 1 unspecified atom stereocenters.